The molecule has 1 fully saturated rings. The van der Waals surface area contributed by atoms with Crippen LogP contribution in [0.25, 0.3) is 0 Å². The Balaban J connectivity index is 2.30. The molecule has 0 heterocycles. The third-order valence-electron chi connectivity index (χ3n) is 1.78. The van der Waals surface area contributed by atoms with Crippen LogP contribution in [0.15, 0.2) is 0 Å². The summed E-state index contributed by atoms with van der Waals surface area (Å²) in [6, 6.07) is 0. The Kier molecular flexibility index (Phi) is 1.34. The lowest BCUT2D eigenvalue weighted by atomic mass is 10.1. The highest BCUT2D eigenvalue weighted by atomic mass is 16.1. The smallest absolute Gasteiger partial charge is 0.126 e. The maximum absolute atomic E-state index is 10.2. The molecule has 2 nitrogen and oxygen atoms in total. The minimum Gasteiger partial charge on any atom is -0.330 e. The van der Waals surface area contributed by atoms with Crippen molar-refractivity contribution in [3.63, 3.8) is 0 Å². The number of rotatable bonds is 3. The van der Waals surface area contributed by atoms with Crippen molar-refractivity contribution < 1.29 is 4.79 Å². The van der Waals surface area contributed by atoms with Crippen LogP contribution in [-0.2, 0) is 4.79 Å². The van der Waals surface area contributed by atoms with Crippen LogP contribution in [0.3, 0.4) is 0 Å². The van der Waals surface area contributed by atoms with E-state index in [1.165, 1.54) is 0 Å². The number of aldehydes is 1. The second-order valence-corrected chi connectivity index (χ2v) is 2.52. The molecular formula is C6H11NO. The molecular weight excluding hydrogens is 102 g/mol. The van der Waals surface area contributed by atoms with E-state index in [9.17, 15) is 4.79 Å². The van der Waals surface area contributed by atoms with Crippen LogP contribution in [0, 0.1) is 5.41 Å². The highest BCUT2D eigenvalue weighted by molar-refractivity contribution is 5.63. The van der Waals surface area contributed by atoms with Crippen LogP contribution in [0.5, 0.6) is 0 Å². The zero-order valence-electron chi connectivity index (χ0n) is 4.89. The van der Waals surface area contributed by atoms with Gasteiger partial charge in [-0.3, -0.25) is 0 Å². The summed E-state index contributed by atoms with van der Waals surface area (Å²) in [4.78, 5) is 10.2. The van der Waals surface area contributed by atoms with Crippen LogP contribution < -0.4 is 5.73 Å². The minimum absolute atomic E-state index is 0.0365. The Hall–Kier alpha value is -0.370. The van der Waals surface area contributed by atoms with Gasteiger partial charge in [-0.05, 0) is 25.8 Å². The van der Waals surface area contributed by atoms with E-state index in [1.54, 1.807) is 0 Å². The molecule has 8 heavy (non-hydrogen) atoms. The van der Waals surface area contributed by atoms with Crippen molar-refractivity contribution in [1.82, 2.24) is 0 Å². The zero-order valence-corrected chi connectivity index (χ0v) is 4.89. The van der Waals surface area contributed by atoms with Gasteiger partial charge in [0, 0.05) is 5.41 Å². The first kappa shape index (κ1) is 5.76. The van der Waals surface area contributed by atoms with Gasteiger partial charge >= 0.3 is 0 Å². The average molecular weight is 113 g/mol. The number of carbonyl (C=O) groups excluding carboxylic acids is 1. The fourth-order valence-corrected chi connectivity index (χ4v) is 0.875. The second kappa shape index (κ2) is 1.86. The largest absolute Gasteiger partial charge is 0.330 e. The van der Waals surface area contributed by atoms with E-state index in [0.717, 1.165) is 25.5 Å². The first-order chi connectivity index (χ1) is 3.83. The second-order valence-electron chi connectivity index (χ2n) is 2.52. The van der Waals surface area contributed by atoms with Crippen LogP contribution in [0.4, 0.5) is 0 Å². The molecule has 0 saturated heterocycles. The van der Waals surface area contributed by atoms with Gasteiger partial charge in [0.1, 0.15) is 6.29 Å². The van der Waals surface area contributed by atoms with Crippen molar-refractivity contribution >= 4 is 6.29 Å². The fourth-order valence-electron chi connectivity index (χ4n) is 0.875. The molecule has 0 unspecified atom stereocenters. The third kappa shape index (κ3) is 0.892. The molecule has 0 spiro atoms. The van der Waals surface area contributed by atoms with Gasteiger partial charge in [-0.2, -0.15) is 0 Å². The Morgan fingerprint density at radius 1 is 1.62 bits per heavy atom. The lowest BCUT2D eigenvalue weighted by Gasteiger charge is -2.00. The molecule has 0 aromatic heterocycles. The highest BCUT2D eigenvalue weighted by Gasteiger charge is 2.41. The zero-order chi connectivity index (χ0) is 6.04. The van der Waals surface area contributed by atoms with Gasteiger partial charge in [-0.25, -0.2) is 0 Å². The summed E-state index contributed by atoms with van der Waals surface area (Å²) in [5, 5.41) is 0. The Bertz CT molecular complexity index is 96.7. The van der Waals surface area contributed by atoms with E-state index in [4.69, 9.17) is 5.73 Å². The third-order valence-corrected chi connectivity index (χ3v) is 1.78. The number of hydrogen-bond acceptors (Lipinski definition) is 2. The van der Waals surface area contributed by atoms with Crippen molar-refractivity contribution in [3.8, 4) is 0 Å². The topological polar surface area (TPSA) is 43.1 Å². The van der Waals surface area contributed by atoms with Crippen molar-refractivity contribution in [2.24, 2.45) is 11.1 Å². The summed E-state index contributed by atoms with van der Waals surface area (Å²) < 4.78 is 0. The van der Waals surface area contributed by atoms with E-state index < -0.39 is 0 Å². The molecule has 0 aromatic carbocycles. The fraction of sp³-hybridized carbons (Fsp3) is 0.833. The Morgan fingerprint density at radius 2 is 2.25 bits per heavy atom. The number of carbonyl (C=O) groups is 1. The molecule has 2 N–H and O–H groups in total. The normalized spacial score (nSPS) is 22.6. The number of hydrogen-bond donors (Lipinski definition) is 1. The van der Waals surface area contributed by atoms with Gasteiger partial charge in [0.2, 0.25) is 0 Å². The predicted octanol–water partition coefficient (Wildman–Crippen LogP) is 0.314. The van der Waals surface area contributed by atoms with E-state index in [-0.39, 0.29) is 5.41 Å². The Morgan fingerprint density at radius 3 is 2.38 bits per heavy atom. The van der Waals surface area contributed by atoms with E-state index in [2.05, 4.69) is 0 Å². The van der Waals surface area contributed by atoms with Crippen molar-refractivity contribution in [2.45, 2.75) is 19.3 Å². The summed E-state index contributed by atoms with van der Waals surface area (Å²) in [6.07, 6.45) is 4.07. The van der Waals surface area contributed by atoms with Gasteiger partial charge in [0.05, 0.1) is 0 Å². The van der Waals surface area contributed by atoms with Crippen molar-refractivity contribution in [3.05, 3.63) is 0 Å². The molecule has 0 aromatic rings. The molecule has 1 rings (SSSR count). The van der Waals surface area contributed by atoms with E-state index in [0.29, 0.717) is 6.54 Å². The van der Waals surface area contributed by atoms with Crippen LogP contribution in [0.2, 0.25) is 0 Å². The van der Waals surface area contributed by atoms with Crippen molar-refractivity contribution in [2.75, 3.05) is 6.54 Å². The summed E-state index contributed by atoms with van der Waals surface area (Å²) in [5.74, 6) is 0. The molecule has 1 saturated carbocycles. The molecule has 0 aliphatic heterocycles. The molecule has 0 amide bonds. The van der Waals surface area contributed by atoms with Gasteiger partial charge in [0.15, 0.2) is 0 Å². The van der Waals surface area contributed by atoms with Gasteiger partial charge in [-0.1, -0.05) is 0 Å². The van der Waals surface area contributed by atoms with E-state index >= 15 is 0 Å². The molecule has 0 radical (unpaired) electrons. The first-order valence-corrected chi connectivity index (χ1v) is 2.99. The molecule has 2 heteroatoms. The lowest BCUT2D eigenvalue weighted by molar-refractivity contribution is -0.112. The maximum atomic E-state index is 10.2. The molecule has 46 valence electrons. The van der Waals surface area contributed by atoms with Crippen molar-refractivity contribution in [1.29, 1.82) is 0 Å². The maximum Gasteiger partial charge on any atom is 0.126 e. The molecule has 0 atom stereocenters. The average Bonchev–Trinajstić information content (AvgIpc) is 2.50. The SMILES string of the molecule is NCCC1(C=O)CC1. The Labute approximate surface area is 49.1 Å². The predicted molar refractivity (Wildman–Crippen MR) is 31.4 cm³/mol. The van der Waals surface area contributed by atoms with Gasteiger partial charge in [-0.15, -0.1) is 0 Å². The summed E-state index contributed by atoms with van der Waals surface area (Å²) in [6.45, 7) is 0.652. The van der Waals surface area contributed by atoms with Crippen LogP contribution in [0.1, 0.15) is 19.3 Å². The first-order valence-electron chi connectivity index (χ1n) is 2.99. The summed E-state index contributed by atoms with van der Waals surface area (Å²) >= 11 is 0. The van der Waals surface area contributed by atoms with Gasteiger partial charge < -0.3 is 10.5 Å². The molecule has 1 aliphatic rings. The lowest BCUT2D eigenvalue weighted by Crippen LogP contribution is -2.09. The van der Waals surface area contributed by atoms with Crippen LogP contribution >= 0.6 is 0 Å². The van der Waals surface area contributed by atoms with Crippen LogP contribution in [-0.4, -0.2) is 12.8 Å². The monoisotopic (exact) mass is 113 g/mol. The summed E-state index contributed by atoms with van der Waals surface area (Å²) in [7, 11) is 0. The standard InChI is InChI=1S/C6H11NO/c7-4-3-6(5-8)1-2-6/h5H,1-4,7H2. The summed E-state index contributed by atoms with van der Waals surface area (Å²) in [5.41, 5.74) is 5.31. The minimum atomic E-state index is 0.0365. The molecule has 0 bridgehead atoms. The number of nitrogens with two attached hydrogens (primary N) is 1. The quantitative estimate of drug-likeness (QED) is 0.535. The molecule has 1 aliphatic carbocycles. The highest BCUT2D eigenvalue weighted by Crippen LogP contribution is 2.45. The van der Waals surface area contributed by atoms with Gasteiger partial charge in [0.25, 0.3) is 0 Å². The van der Waals surface area contributed by atoms with E-state index in [1.807, 2.05) is 0 Å².